The van der Waals surface area contributed by atoms with Crippen molar-refractivity contribution in [1.29, 1.82) is 0 Å². The Morgan fingerprint density at radius 3 is 2.58 bits per heavy atom. The van der Waals surface area contributed by atoms with Gasteiger partial charge in [0.25, 0.3) is 0 Å². The van der Waals surface area contributed by atoms with E-state index in [0.717, 1.165) is 43.1 Å². The molecule has 198 valence electrons. The Labute approximate surface area is 227 Å². The largest absolute Gasteiger partial charge is 0.454 e. The third-order valence-electron chi connectivity index (χ3n) is 7.83. The van der Waals surface area contributed by atoms with E-state index < -0.39 is 0 Å². The van der Waals surface area contributed by atoms with E-state index >= 15 is 0 Å². The lowest BCUT2D eigenvalue weighted by atomic mass is 9.92. The maximum atomic E-state index is 13.6. The topological polar surface area (TPSA) is 62.3 Å². The first-order chi connectivity index (χ1) is 18.6. The molecule has 0 N–H and O–H groups in total. The molecule has 1 aromatic heterocycles. The highest BCUT2D eigenvalue weighted by Crippen LogP contribution is 2.38. The number of ether oxygens (including phenoxy) is 2. The number of rotatable bonds is 6. The molecular weight excluding hydrogens is 498 g/mol. The first-order valence-electron chi connectivity index (χ1n) is 13.4. The molecule has 2 unspecified atom stereocenters. The van der Waals surface area contributed by atoms with Crippen molar-refractivity contribution in [3.8, 4) is 11.5 Å². The van der Waals surface area contributed by atoms with Crippen LogP contribution >= 0.6 is 11.3 Å². The average Bonchev–Trinajstić information content (AvgIpc) is 3.62. The number of fused-ring (bicyclic) bond motifs is 2. The van der Waals surface area contributed by atoms with Gasteiger partial charge in [0.2, 0.25) is 18.6 Å². The molecule has 1 fully saturated rings. The maximum Gasteiger partial charge on any atom is 0.231 e. The van der Waals surface area contributed by atoms with Gasteiger partial charge in [-0.05, 0) is 46.7 Å². The zero-order chi connectivity index (χ0) is 26.1. The molecule has 2 aromatic carbocycles. The normalized spacial score (nSPS) is 19.8. The van der Waals surface area contributed by atoms with Crippen molar-refractivity contribution >= 4 is 23.2 Å². The summed E-state index contributed by atoms with van der Waals surface area (Å²) in [5.41, 5.74) is 3.52. The van der Waals surface area contributed by atoms with E-state index in [9.17, 15) is 9.59 Å². The summed E-state index contributed by atoms with van der Waals surface area (Å²) in [4.78, 5) is 34.5. The number of amides is 2. The lowest BCUT2D eigenvalue weighted by molar-refractivity contribution is -0.142. The van der Waals surface area contributed by atoms with Gasteiger partial charge < -0.3 is 19.3 Å². The summed E-state index contributed by atoms with van der Waals surface area (Å²) >= 11 is 1.77. The molecular formula is C30H33N3O4S. The molecule has 38 heavy (non-hydrogen) atoms. The number of piperazine rings is 1. The van der Waals surface area contributed by atoms with Gasteiger partial charge in [-0.1, -0.05) is 43.3 Å². The van der Waals surface area contributed by atoms with Crippen LogP contribution < -0.4 is 9.47 Å². The van der Waals surface area contributed by atoms with E-state index in [0.29, 0.717) is 19.6 Å². The lowest BCUT2D eigenvalue weighted by Gasteiger charge is -2.38. The second-order valence-electron chi connectivity index (χ2n) is 10.3. The molecule has 6 rings (SSSR count). The fourth-order valence-electron chi connectivity index (χ4n) is 5.78. The summed E-state index contributed by atoms with van der Waals surface area (Å²) in [5, 5.41) is 2.12. The minimum atomic E-state index is -0.344. The van der Waals surface area contributed by atoms with Crippen molar-refractivity contribution in [2.75, 3.05) is 39.5 Å². The maximum absolute atomic E-state index is 13.6. The number of thiophene rings is 1. The number of benzene rings is 2. The van der Waals surface area contributed by atoms with Crippen molar-refractivity contribution < 1.29 is 19.1 Å². The number of carbonyl (C=O) groups is 2. The first-order valence-corrected chi connectivity index (χ1v) is 14.2. The highest BCUT2D eigenvalue weighted by atomic mass is 32.1. The highest BCUT2D eigenvalue weighted by molar-refractivity contribution is 7.10. The van der Waals surface area contributed by atoms with Gasteiger partial charge in [0.05, 0.1) is 6.04 Å². The average molecular weight is 532 g/mol. The summed E-state index contributed by atoms with van der Waals surface area (Å²) < 4.78 is 10.9. The zero-order valence-corrected chi connectivity index (χ0v) is 22.5. The molecule has 0 radical (unpaired) electrons. The molecule has 0 saturated carbocycles. The van der Waals surface area contributed by atoms with Crippen molar-refractivity contribution in [2.45, 2.75) is 32.4 Å². The van der Waals surface area contributed by atoms with E-state index in [-0.39, 0.29) is 37.0 Å². The summed E-state index contributed by atoms with van der Waals surface area (Å²) in [7, 11) is 0. The Morgan fingerprint density at radius 2 is 1.76 bits per heavy atom. The second-order valence-corrected chi connectivity index (χ2v) is 11.3. The number of hydrogen-bond acceptors (Lipinski definition) is 6. The van der Waals surface area contributed by atoms with Crippen LogP contribution in [0.15, 0.2) is 60.0 Å². The van der Waals surface area contributed by atoms with Gasteiger partial charge in [-0.25, -0.2) is 0 Å². The minimum Gasteiger partial charge on any atom is -0.454 e. The number of carbonyl (C=O) groups excluding carboxylic acids is 2. The van der Waals surface area contributed by atoms with Gasteiger partial charge in [0, 0.05) is 56.5 Å². The van der Waals surface area contributed by atoms with Crippen LogP contribution in [0.5, 0.6) is 11.5 Å². The van der Waals surface area contributed by atoms with Gasteiger partial charge in [0.15, 0.2) is 11.5 Å². The molecule has 2 amide bonds. The van der Waals surface area contributed by atoms with Crippen LogP contribution in [0.25, 0.3) is 0 Å². The zero-order valence-electron chi connectivity index (χ0n) is 21.7. The molecule has 0 aliphatic carbocycles. The van der Waals surface area contributed by atoms with Crippen molar-refractivity contribution in [3.63, 3.8) is 0 Å². The monoisotopic (exact) mass is 531 g/mol. The van der Waals surface area contributed by atoms with E-state index in [1.165, 1.54) is 16.0 Å². The second kappa shape index (κ2) is 10.8. The number of nitrogens with zero attached hydrogens (tertiary/aromatic N) is 3. The van der Waals surface area contributed by atoms with Crippen LogP contribution in [0.4, 0.5) is 0 Å². The Morgan fingerprint density at radius 1 is 0.974 bits per heavy atom. The van der Waals surface area contributed by atoms with E-state index in [1.807, 2.05) is 47.1 Å². The first kappa shape index (κ1) is 24.9. The van der Waals surface area contributed by atoms with E-state index in [1.54, 1.807) is 11.3 Å². The highest BCUT2D eigenvalue weighted by Gasteiger charge is 2.35. The molecule has 0 spiro atoms. The molecule has 3 aliphatic rings. The van der Waals surface area contributed by atoms with E-state index in [4.69, 9.17) is 9.47 Å². The molecule has 8 heteroatoms. The minimum absolute atomic E-state index is 0.0537. The Balaban J connectivity index is 1.05. The quantitative estimate of drug-likeness (QED) is 0.474. The molecule has 4 heterocycles. The fraction of sp³-hybridized carbons (Fsp3) is 0.400. The van der Waals surface area contributed by atoms with Crippen molar-refractivity contribution in [1.82, 2.24) is 14.7 Å². The molecule has 2 atom stereocenters. The lowest BCUT2D eigenvalue weighted by Crippen LogP contribution is -2.50. The SMILES string of the molecule is CC(CC(=O)N1CCc2sccc2C1c1ccccc1)C(=O)N1CCN(Cc2ccc3c(c2)OCO3)CC1. The fourth-order valence-corrected chi connectivity index (χ4v) is 6.69. The predicted molar refractivity (Wildman–Crippen MR) is 146 cm³/mol. The van der Waals surface area contributed by atoms with E-state index in [2.05, 4.69) is 34.5 Å². The third kappa shape index (κ3) is 5.02. The molecule has 3 aromatic rings. The smallest absolute Gasteiger partial charge is 0.231 e. The Hall–Kier alpha value is -3.36. The van der Waals surface area contributed by atoms with Crippen LogP contribution in [-0.2, 0) is 22.6 Å². The van der Waals surface area contributed by atoms with Crippen molar-refractivity contribution in [3.05, 3.63) is 81.5 Å². The van der Waals surface area contributed by atoms with Gasteiger partial charge in [-0.3, -0.25) is 14.5 Å². The Bertz CT molecular complexity index is 1300. The summed E-state index contributed by atoms with van der Waals surface area (Å²) in [5.74, 6) is 1.38. The van der Waals surface area contributed by atoms with Crippen LogP contribution in [0.2, 0.25) is 0 Å². The summed E-state index contributed by atoms with van der Waals surface area (Å²) in [6.07, 6.45) is 1.11. The van der Waals surface area contributed by atoms with Crippen LogP contribution in [0.1, 0.15) is 41.0 Å². The molecule has 3 aliphatic heterocycles. The van der Waals surface area contributed by atoms with Crippen LogP contribution in [0, 0.1) is 5.92 Å². The summed E-state index contributed by atoms with van der Waals surface area (Å²) in [6.45, 7) is 6.65. The van der Waals surface area contributed by atoms with Gasteiger partial charge in [0.1, 0.15) is 0 Å². The molecule has 7 nitrogen and oxygen atoms in total. The third-order valence-corrected chi connectivity index (χ3v) is 8.83. The summed E-state index contributed by atoms with van der Waals surface area (Å²) in [6, 6.07) is 18.4. The predicted octanol–water partition coefficient (Wildman–Crippen LogP) is 4.32. The van der Waals surface area contributed by atoms with Gasteiger partial charge in [-0.15, -0.1) is 11.3 Å². The number of hydrogen-bond donors (Lipinski definition) is 0. The molecule has 0 bridgehead atoms. The Kier molecular flexibility index (Phi) is 7.08. The standard InChI is InChI=1S/C30H33N3O4S/c1-21(17-28(34)33-11-9-27-24(10-16-38-27)29(33)23-5-3-2-4-6-23)30(35)32-14-12-31(13-15-32)19-22-7-8-25-26(18-22)37-20-36-25/h2-8,10,16,18,21,29H,9,11-15,17,19-20H2,1H3. The van der Waals surface area contributed by atoms with Crippen LogP contribution in [-0.4, -0.2) is 66.0 Å². The van der Waals surface area contributed by atoms with Gasteiger partial charge in [-0.2, -0.15) is 0 Å². The van der Waals surface area contributed by atoms with Crippen LogP contribution in [0.3, 0.4) is 0 Å². The van der Waals surface area contributed by atoms with Crippen molar-refractivity contribution in [2.24, 2.45) is 5.92 Å². The van der Waals surface area contributed by atoms with Gasteiger partial charge >= 0.3 is 0 Å². The molecule has 1 saturated heterocycles.